The molecule has 7 heteroatoms. The van der Waals surface area contributed by atoms with Gasteiger partial charge < -0.3 is 4.74 Å². The van der Waals surface area contributed by atoms with Crippen LogP contribution in [-0.4, -0.2) is 17.1 Å². The van der Waals surface area contributed by atoms with E-state index < -0.39 is 11.6 Å². The van der Waals surface area contributed by atoms with E-state index in [9.17, 15) is 8.78 Å². The van der Waals surface area contributed by atoms with Crippen molar-refractivity contribution < 1.29 is 13.5 Å². The number of hydrogen-bond donors (Lipinski definition) is 0. The largest absolute Gasteiger partial charge is 0.496 e. The molecule has 0 radical (unpaired) electrons. The van der Waals surface area contributed by atoms with Crippen LogP contribution < -0.4 is 4.74 Å². The molecule has 0 spiro atoms. The molecule has 0 bridgehead atoms. The maximum Gasteiger partial charge on any atom is 0.171 e. The van der Waals surface area contributed by atoms with Crippen molar-refractivity contribution in [2.75, 3.05) is 7.11 Å². The lowest BCUT2D eigenvalue weighted by atomic mass is 10.2. The second-order valence-electron chi connectivity index (χ2n) is 3.97. The maximum absolute atomic E-state index is 13.3. The Bertz CT molecular complexity index is 806. The Balaban J connectivity index is 2.20. The van der Waals surface area contributed by atoms with Crippen LogP contribution in [0.4, 0.5) is 8.78 Å². The molecule has 0 aliphatic carbocycles. The standard InChI is InChI=1S/C13H7ClF2N2OS/c1-19-6-2-11(20-5-6)13-17-10-4-9(16)8(15)3-7(10)12(14)18-13/h2-5H,1H3. The SMILES string of the molecule is COc1csc(-c2nc(Cl)c3cc(F)c(F)cc3n2)c1. The molecule has 3 aromatic rings. The number of methoxy groups -OCH3 is 1. The lowest BCUT2D eigenvalue weighted by Crippen LogP contribution is -1.93. The molecule has 0 unspecified atom stereocenters. The van der Waals surface area contributed by atoms with Gasteiger partial charge in [0, 0.05) is 22.9 Å². The van der Waals surface area contributed by atoms with Gasteiger partial charge in [-0.2, -0.15) is 0 Å². The van der Waals surface area contributed by atoms with Gasteiger partial charge in [-0.05, 0) is 6.07 Å². The van der Waals surface area contributed by atoms with Gasteiger partial charge in [0.15, 0.2) is 17.5 Å². The molecule has 2 heterocycles. The number of benzene rings is 1. The van der Waals surface area contributed by atoms with Crippen LogP contribution in [0, 0.1) is 11.6 Å². The van der Waals surface area contributed by atoms with Gasteiger partial charge in [0.25, 0.3) is 0 Å². The lowest BCUT2D eigenvalue weighted by molar-refractivity contribution is 0.417. The summed E-state index contributed by atoms with van der Waals surface area (Å²) in [7, 11) is 1.55. The lowest BCUT2D eigenvalue weighted by Gasteiger charge is -2.03. The van der Waals surface area contributed by atoms with Gasteiger partial charge in [-0.25, -0.2) is 18.7 Å². The van der Waals surface area contributed by atoms with Crippen molar-refractivity contribution in [3.8, 4) is 16.5 Å². The number of ether oxygens (including phenoxy) is 1. The van der Waals surface area contributed by atoms with Gasteiger partial charge in [-0.3, -0.25) is 0 Å². The fourth-order valence-corrected chi connectivity index (χ4v) is 2.76. The quantitative estimate of drug-likeness (QED) is 0.662. The summed E-state index contributed by atoms with van der Waals surface area (Å²) in [5, 5.41) is 2.15. The molecule has 0 N–H and O–H groups in total. The third-order valence-corrected chi connectivity index (χ3v) is 3.92. The summed E-state index contributed by atoms with van der Waals surface area (Å²) in [6.07, 6.45) is 0. The number of fused-ring (bicyclic) bond motifs is 1. The molecule has 20 heavy (non-hydrogen) atoms. The number of hydrogen-bond acceptors (Lipinski definition) is 4. The summed E-state index contributed by atoms with van der Waals surface area (Å²) in [5.41, 5.74) is 0.256. The van der Waals surface area contributed by atoms with Crippen molar-refractivity contribution in [3.63, 3.8) is 0 Å². The zero-order valence-electron chi connectivity index (χ0n) is 10.2. The first-order valence-electron chi connectivity index (χ1n) is 5.53. The number of nitrogens with zero attached hydrogens (tertiary/aromatic N) is 2. The third-order valence-electron chi connectivity index (χ3n) is 2.72. The second-order valence-corrected chi connectivity index (χ2v) is 5.24. The summed E-state index contributed by atoms with van der Waals surface area (Å²) < 4.78 is 31.6. The highest BCUT2D eigenvalue weighted by Crippen LogP contribution is 2.32. The molecule has 2 aromatic heterocycles. The van der Waals surface area contributed by atoms with E-state index in [1.54, 1.807) is 18.6 Å². The van der Waals surface area contributed by atoms with Crippen LogP contribution in [0.3, 0.4) is 0 Å². The monoisotopic (exact) mass is 312 g/mol. The molecule has 0 atom stereocenters. The molecule has 3 nitrogen and oxygen atoms in total. The first kappa shape index (κ1) is 13.2. The van der Waals surface area contributed by atoms with Gasteiger partial charge in [-0.15, -0.1) is 11.3 Å². The Labute approximate surface area is 121 Å². The van der Waals surface area contributed by atoms with Crippen molar-refractivity contribution in [1.29, 1.82) is 0 Å². The number of aromatic nitrogens is 2. The highest BCUT2D eigenvalue weighted by atomic mass is 35.5. The predicted octanol–water partition coefficient (Wildman–Crippen LogP) is 4.30. The minimum Gasteiger partial charge on any atom is -0.496 e. The van der Waals surface area contributed by atoms with Gasteiger partial charge in [0.1, 0.15) is 10.9 Å². The van der Waals surface area contributed by atoms with Crippen LogP contribution in [0.25, 0.3) is 21.6 Å². The normalized spacial score (nSPS) is 11.0. The first-order chi connectivity index (χ1) is 9.58. The van der Waals surface area contributed by atoms with Crippen molar-refractivity contribution in [3.05, 3.63) is 40.4 Å². The molecule has 0 amide bonds. The molecule has 0 saturated carbocycles. The van der Waals surface area contributed by atoms with E-state index in [-0.39, 0.29) is 16.1 Å². The highest BCUT2D eigenvalue weighted by Gasteiger charge is 2.13. The second kappa shape index (κ2) is 4.96. The van der Waals surface area contributed by atoms with Crippen LogP contribution >= 0.6 is 22.9 Å². The molecular weight excluding hydrogens is 306 g/mol. The Kier molecular flexibility index (Phi) is 3.27. The smallest absolute Gasteiger partial charge is 0.171 e. The van der Waals surface area contributed by atoms with Crippen LogP contribution in [-0.2, 0) is 0 Å². The van der Waals surface area contributed by atoms with E-state index in [1.807, 2.05) is 0 Å². The fourth-order valence-electron chi connectivity index (χ4n) is 1.74. The van der Waals surface area contributed by atoms with Gasteiger partial charge >= 0.3 is 0 Å². The molecular formula is C13H7ClF2N2OS. The molecule has 0 aliphatic heterocycles. The number of rotatable bonds is 2. The zero-order chi connectivity index (χ0) is 14.3. The minimum atomic E-state index is -0.978. The summed E-state index contributed by atoms with van der Waals surface area (Å²) in [4.78, 5) is 9.05. The third kappa shape index (κ3) is 2.21. The average molecular weight is 313 g/mol. The van der Waals surface area contributed by atoms with E-state index in [2.05, 4.69) is 9.97 Å². The maximum atomic E-state index is 13.3. The number of halogens is 3. The Morgan fingerprint density at radius 1 is 1.15 bits per heavy atom. The predicted molar refractivity (Wildman–Crippen MR) is 74.3 cm³/mol. The molecule has 0 aliphatic rings. The minimum absolute atomic E-state index is 0.0799. The average Bonchev–Trinajstić information content (AvgIpc) is 2.90. The van der Waals surface area contributed by atoms with Crippen LogP contribution in [0.15, 0.2) is 23.6 Å². The van der Waals surface area contributed by atoms with Crippen LogP contribution in [0.5, 0.6) is 5.75 Å². The molecule has 3 rings (SSSR count). The fraction of sp³-hybridized carbons (Fsp3) is 0.0769. The van der Waals surface area contributed by atoms with E-state index in [1.165, 1.54) is 11.3 Å². The molecule has 102 valence electrons. The molecule has 0 fully saturated rings. The van der Waals surface area contributed by atoms with E-state index in [0.29, 0.717) is 11.6 Å². The van der Waals surface area contributed by atoms with E-state index in [0.717, 1.165) is 17.0 Å². The topological polar surface area (TPSA) is 35.0 Å². The van der Waals surface area contributed by atoms with E-state index >= 15 is 0 Å². The summed E-state index contributed by atoms with van der Waals surface area (Å²) in [6.45, 7) is 0. The first-order valence-corrected chi connectivity index (χ1v) is 6.79. The Morgan fingerprint density at radius 3 is 2.60 bits per heavy atom. The van der Waals surface area contributed by atoms with Crippen LogP contribution in [0.2, 0.25) is 5.15 Å². The Morgan fingerprint density at radius 2 is 1.90 bits per heavy atom. The summed E-state index contributed by atoms with van der Waals surface area (Å²) >= 11 is 7.39. The van der Waals surface area contributed by atoms with Crippen molar-refractivity contribution in [2.24, 2.45) is 0 Å². The number of thiophene rings is 1. The summed E-state index contributed by atoms with van der Waals surface area (Å²) in [6, 6.07) is 3.75. The van der Waals surface area contributed by atoms with Gasteiger partial charge in [-0.1, -0.05) is 11.6 Å². The highest BCUT2D eigenvalue weighted by molar-refractivity contribution is 7.13. The van der Waals surface area contributed by atoms with Crippen LogP contribution in [0.1, 0.15) is 0 Å². The van der Waals surface area contributed by atoms with Crippen molar-refractivity contribution in [2.45, 2.75) is 0 Å². The van der Waals surface area contributed by atoms with E-state index in [4.69, 9.17) is 16.3 Å². The van der Waals surface area contributed by atoms with Gasteiger partial charge in [0.05, 0.1) is 17.5 Å². The molecule has 0 saturated heterocycles. The zero-order valence-corrected chi connectivity index (χ0v) is 11.7. The molecule has 1 aromatic carbocycles. The van der Waals surface area contributed by atoms with Crippen molar-refractivity contribution >= 4 is 33.8 Å². The summed E-state index contributed by atoms with van der Waals surface area (Å²) in [5.74, 6) is -0.924. The Hall–Kier alpha value is -1.79. The van der Waals surface area contributed by atoms with Gasteiger partial charge in [0.2, 0.25) is 0 Å². The van der Waals surface area contributed by atoms with Crippen molar-refractivity contribution in [1.82, 2.24) is 9.97 Å².